The average molecular weight is 347 g/mol. The van der Waals surface area contributed by atoms with Crippen LogP contribution in [0.25, 0.3) is 0 Å². The molecule has 25 heavy (non-hydrogen) atoms. The summed E-state index contributed by atoms with van der Waals surface area (Å²) in [6, 6.07) is 3.16. The zero-order valence-corrected chi connectivity index (χ0v) is 14.8. The molecule has 3 rings (SSSR count). The van der Waals surface area contributed by atoms with Crippen LogP contribution in [-0.2, 0) is 9.59 Å². The van der Waals surface area contributed by atoms with Gasteiger partial charge in [0, 0.05) is 13.0 Å². The molecule has 1 aromatic heterocycles. The van der Waals surface area contributed by atoms with Gasteiger partial charge < -0.3 is 15.1 Å². The maximum atomic E-state index is 12.5. The zero-order valence-electron chi connectivity index (χ0n) is 14.8. The Labute approximate surface area is 147 Å². The molecule has 1 saturated carbocycles. The predicted molar refractivity (Wildman–Crippen MR) is 90.7 cm³/mol. The van der Waals surface area contributed by atoms with E-state index in [1.54, 1.807) is 0 Å². The van der Waals surface area contributed by atoms with Gasteiger partial charge in [0.2, 0.25) is 5.91 Å². The molecule has 1 aromatic rings. The first-order valence-corrected chi connectivity index (χ1v) is 8.91. The molecule has 1 saturated heterocycles. The Balaban J connectivity index is 1.45. The summed E-state index contributed by atoms with van der Waals surface area (Å²) in [6.45, 7) is 3.98. The fraction of sp³-hybridized carbons (Fsp3) is 0.611. The summed E-state index contributed by atoms with van der Waals surface area (Å²) in [5, 5.41) is 5.72. The van der Waals surface area contributed by atoms with Gasteiger partial charge in [0.05, 0.1) is 6.04 Å². The molecular formula is C18H25N3O4. The van der Waals surface area contributed by atoms with E-state index in [1.165, 1.54) is 4.90 Å². The third-order valence-electron chi connectivity index (χ3n) is 5.05. The SMILES string of the molecule is Cc1ccc(C(C)NC(=O)CCCN2C(=O)NC3(CCCC3)C2=O)o1. The van der Waals surface area contributed by atoms with Gasteiger partial charge in [0.15, 0.2) is 0 Å². The summed E-state index contributed by atoms with van der Waals surface area (Å²) < 4.78 is 5.49. The summed E-state index contributed by atoms with van der Waals surface area (Å²) in [5.74, 6) is 1.26. The highest BCUT2D eigenvalue weighted by molar-refractivity contribution is 6.07. The lowest BCUT2D eigenvalue weighted by molar-refractivity contribution is -0.131. The van der Waals surface area contributed by atoms with Gasteiger partial charge in [-0.1, -0.05) is 12.8 Å². The number of hydrogen-bond donors (Lipinski definition) is 2. The monoisotopic (exact) mass is 347 g/mol. The summed E-state index contributed by atoms with van der Waals surface area (Å²) in [4.78, 5) is 37.9. The molecule has 136 valence electrons. The van der Waals surface area contributed by atoms with Crippen LogP contribution in [0.2, 0.25) is 0 Å². The third-order valence-corrected chi connectivity index (χ3v) is 5.05. The molecule has 1 aliphatic heterocycles. The standard InChI is InChI=1S/C18H25N3O4/c1-12-7-8-14(25-12)13(2)19-15(22)6-5-11-21-16(23)18(20-17(21)24)9-3-4-10-18/h7-8,13H,3-6,9-11H2,1-2H3,(H,19,22)(H,20,24). The molecule has 7 heteroatoms. The predicted octanol–water partition coefficient (Wildman–Crippen LogP) is 2.41. The first-order valence-electron chi connectivity index (χ1n) is 8.91. The molecule has 1 unspecified atom stereocenters. The minimum atomic E-state index is -0.676. The van der Waals surface area contributed by atoms with Crippen molar-refractivity contribution in [1.82, 2.24) is 15.5 Å². The molecule has 2 N–H and O–H groups in total. The number of aryl methyl sites for hydroxylation is 1. The Kier molecular flexibility index (Phi) is 4.83. The summed E-state index contributed by atoms with van der Waals surface area (Å²) in [6.07, 6.45) is 4.07. The second-order valence-corrected chi connectivity index (χ2v) is 7.02. The summed E-state index contributed by atoms with van der Waals surface area (Å²) in [7, 11) is 0. The van der Waals surface area contributed by atoms with Crippen LogP contribution < -0.4 is 10.6 Å². The van der Waals surface area contributed by atoms with Crippen molar-refractivity contribution in [3.63, 3.8) is 0 Å². The molecule has 2 heterocycles. The van der Waals surface area contributed by atoms with Gasteiger partial charge in [-0.15, -0.1) is 0 Å². The quantitative estimate of drug-likeness (QED) is 0.773. The molecular weight excluding hydrogens is 322 g/mol. The van der Waals surface area contributed by atoms with Crippen molar-refractivity contribution in [2.45, 2.75) is 64.0 Å². The van der Waals surface area contributed by atoms with E-state index in [9.17, 15) is 14.4 Å². The van der Waals surface area contributed by atoms with Crippen LogP contribution in [0.4, 0.5) is 4.79 Å². The van der Waals surface area contributed by atoms with Crippen LogP contribution in [0.5, 0.6) is 0 Å². The molecule has 4 amide bonds. The third kappa shape index (κ3) is 3.55. The zero-order chi connectivity index (χ0) is 18.0. The van der Waals surface area contributed by atoms with Gasteiger partial charge in [-0.3, -0.25) is 14.5 Å². The molecule has 0 bridgehead atoms. The van der Waals surface area contributed by atoms with E-state index in [0.717, 1.165) is 18.6 Å². The van der Waals surface area contributed by atoms with Crippen LogP contribution >= 0.6 is 0 Å². The molecule has 0 radical (unpaired) electrons. The van der Waals surface area contributed by atoms with Gasteiger partial charge in [0.25, 0.3) is 5.91 Å². The van der Waals surface area contributed by atoms with Crippen LogP contribution in [0.3, 0.4) is 0 Å². The lowest BCUT2D eigenvalue weighted by Gasteiger charge is -2.20. The number of carbonyl (C=O) groups excluding carboxylic acids is 3. The Morgan fingerprint density at radius 2 is 2.08 bits per heavy atom. The number of furan rings is 1. The molecule has 1 spiro atoms. The van der Waals surface area contributed by atoms with Crippen molar-refractivity contribution in [1.29, 1.82) is 0 Å². The van der Waals surface area contributed by atoms with E-state index in [-0.39, 0.29) is 36.9 Å². The number of imide groups is 1. The smallest absolute Gasteiger partial charge is 0.325 e. The Bertz CT molecular complexity index is 676. The molecule has 0 aromatic carbocycles. The number of nitrogens with zero attached hydrogens (tertiary/aromatic N) is 1. The lowest BCUT2D eigenvalue weighted by atomic mass is 9.98. The number of urea groups is 1. The number of nitrogens with one attached hydrogen (secondary N) is 2. The highest BCUT2D eigenvalue weighted by Crippen LogP contribution is 2.35. The van der Waals surface area contributed by atoms with Crippen molar-refractivity contribution in [2.75, 3.05) is 6.54 Å². The summed E-state index contributed by atoms with van der Waals surface area (Å²) >= 11 is 0. The van der Waals surface area contributed by atoms with Crippen molar-refractivity contribution >= 4 is 17.8 Å². The highest BCUT2D eigenvalue weighted by Gasteiger charge is 2.51. The van der Waals surface area contributed by atoms with Crippen LogP contribution in [0, 0.1) is 6.92 Å². The Morgan fingerprint density at radius 3 is 2.72 bits per heavy atom. The van der Waals surface area contributed by atoms with Gasteiger partial charge in [0.1, 0.15) is 17.1 Å². The lowest BCUT2D eigenvalue weighted by Crippen LogP contribution is -2.44. The van der Waals surface area contributed by atoms with Gasteiger partial charge in [-0.05, 0) is 45.2 Å². The molecule has 2 aliphatic rings. The Morgan fingerprint density at radius 1 is 1.36 bits per heavy atom. The van der Waals surface area contributed by atoms with E-state index in [2.05, 4.69) is 10.6 Å². The van der Waals surface area contributed by atoms with Crippen LogP contribution in [0.1, 0.15) is 63.0 Å². The molecule has 1 aliphatic carbocycles. The fourth-order valence-corrected chi connectivity index (χ4v) is 3.67. The minimum Gasteiger partial charge on any atom is -0.464 e. The fourth-order valence-electron chi connectivity index (χ4n) is 3.67. The topological polar surface area (TPSA) is 91.7 Å². The van der Waals surface area contributed by atoms with Crippen LogP contribution in [0.15, 0.2) is 16.5 Å². The van der Waals surface area contributed by atoms with Crippen molar-refractivity contribution in [2.24, 2.45) is 0 Å². The van der Waals surface area contributed by atoms with E-state index < -0.39 is 5.54 Å². The van der Waals surface area contributed by atoms with E-state index in [1.807, 2.05) is 26.0 Å². The second-order valence-electron chi connectivity index (χ2n) is 7.02. The maximum absolute atomic E-state index is 12.5. The van der Waals surface area contributed by atoms with E-state index in [4.69, 9.17) is 4.42 Å². The number of amides is 4. The van der Waals surface area contributed by atoms with Crippen molar-refractivity contribution in [3.8, 4) is 0 Å². The number of rotatable bonds is 6. The highest BCUT2D eigenvalue weighted by atomic mass is 16.3. The molecule has 2 fully saturated rings. The average Bonchev–Trinajstić information content (AvgIpc) is 3.25. The van der Waals surface area contributed by atoms with E-state index >= 15 is 0 Å². The molecule has 1 atom stereocenters. The second kappa shape index (κ2) is 6.90. The first-order chi connectivity index (χ1) is 11.9. The Hall–Kier alpha value is -2.31. The van der Waals surface area contributed by atoms with E-state index in [0.29, 0.717) is 25.0 Å². The maximum Gasteiger partial charge on any atom is 0.325 e. The van der Waals surface area contributed by atoms with Gasteiger partial charge in [-0.2, -0.15) is 0 Å². The van der Waals surface area contributed by atoms with Crippen molar-refractivity contribution < 1.29 is 18.8 Å². The van der Waals surface area contributed by atoms with Crippen LogP contribution in [-0.4, -0.2) is 34.8 Å². The number of hydrogen-bond acceptors (Lipinski definition) is 4. The van der Waals surface area contributed by atoms with Crippen molar-refractivity contribution in [3.05, 3.63) is 23.7 Å². The molecule has 7 nitrogen and oxygen atoms in total. The summed E-state index contributed by atoms with van der Waals surface area (Å²) in [5.41, 5.74) is -0.676. The van der Waals surface area contributed by atoms with Gasteiger partial charge in [-0.25, -0.2) is 4.79 Å². The normalized spacial score (nSPS) is 20.2. The largest absolute Gasteiger partial charge is 0.464 e. The number of carbonyl (C=O) groups is 3. The van der Waals surface area contributed by atoms with Gasteiger partial charge >= 0.3 is 6.03 Å². The first kappa shape index (κ1) is 17.5. The minimum absolute atomic E-state index is 0.121.